The van der Waals surface area contributed by atoms with E-state index in [9.17, 15) is 4.79 Å². The second-order valence-electron chi connectivity index (χ2n) is 4.98. The summed E-state index contributed by atoms with van der Waals surface area (Å²) in [7, 11) is 0. The molecule has 5 heteroatoms. The first-order valence-electron chi connectivity index (χ1n) is 5.68. The summed E-state index contributed by atoms with van der Waals surface area (Å²) < 4.78 is 5.11. The fraction of sp³-hybridized carbons (Fsp3) is 0.462. The number of nitrogens with one attached hydrogen (secondary N) is 1. The van der Waals surface area contributed by atoms with Crippen LogP contribution in [-0.2, 0) is 18.0 Å². The van der Waals surface area contributed by atoms with Gasteiger partial charge in [0.25, 0.3) is 0 Å². The highest BCUT2D eigenvalue weighted by Gasteiger charge is 2.16. The molecule has 0 saturated carbocycles. The van der Waals surface area contributed by atoms with Crippen LogP contribution in [0.5, 0.6) is 0 Å². The second kappa shape index (κ2) is 5.84. The summed E-state index contributed by atoms with van der Waals surface area (Å²) in [6.07, 6.45) is -0.568. The van der Waals surface area contributed by atoms with Gasteiger partial charge in [0, 0.05) is 5.69 Å². The van der Waals surface area contributed by atoms with Crippen molar-refractivity contribution in [2.45, 2.75) is 39.6 Å². The molecule has 0 heterocycles. The van der Waals surface area contributed by atoms with E-state index >= 15 is 0 Å². The monoisotopic (exact) mass is 253 g/mol. The molecule has 0 aliphatic rings. The molecule has 1 aromatic rings. The maximum absolute atomic E-state index is 11.6. The second-order valence-corrected chi connectivity index (χ2v) is 4.98. The third kappa shape index (κ3) is 4.73. The Bertz CT molecular complexity index is 401. The van der Waals surface area contributed by atoms with Gasteiger partial charge in [0.15, 0.2) is 0 Å². The third-order valence-corrected chi connectivity index (χ3v) is 2.06. The lowest BCUT2D eigenvalue weighted by Crippen LogP contribution is -2.27. The molecule has 3 N–H and O–H groups in total. The van der Waals surface area contributed by atoms with Crippen molar-refractivity contribution in [1.29, 1.82) is 0 Å². The molecule has 0 radical (unpaired) electrons. The van der Waals surface area contributed by atoms with Gasteiger partial charge in [-0.25, -0.2) is 4.79 Å². The van der Waals surface area contributed by atoms with Crippen LogP contribution in [0.1, 0.15) is 31.9 Å². The van der Waals surface area contributed by atoms with Gasteiger partial charge in [0.05, 0.1) is 13.2 Å². The van der Waals surface area contributed by atoms with Crippen LogP contribution in [0.4, 0.5) is 10.5 Å². The minimum atomic E-state index is -0.571. The molecular weight excluding hydrogens is 234 g/mol. The molecule has 0 aromatic heterocycles. The van der Waals surface area contributed by atoms with Gasteiger partial charge in [0.2, 0.25) is 0 Å². The van der Waals surface area contributed by atoms with Gasteiger partial charge in [-0.3, -0.25) is 5.32 Å². The zero-order valence-electron chi connectivity index (χ0n) is 10.9. The Labute approximate surface area is 106 Å². The lowest BCUT2D eigenvalue weighted by Gasteiger charge is -2.20. The molecule has 0 fully saturated rings. The smallest absolute Gasteiger partial charge is 0.412 e. The van der Waals surface area contributed by atoms with Crippen LogP contribution in [0, 0.1) is 0 Å². The zero-order valence-corrected chi connectivity index (χ0v) is 10.9. The van der Waals surface area contributed by atoms with Crippen molar-refractivity contribution in [3.8, 4) is 0 Å². The molecule has 0 aliphatic heterocycles. The Morgan fingerprint density at radius 1 is 1.17 bits per heavy atom. The molecule has 1 rings (SSSR count). The molecule has 18 heavy (non-hydrogen) atoms. The first-order valence-corrected chi connectivity index (χ1v) is 5.68. The average Bonchev–Trinajstić information content (AvgIpc) is 2.25. The number of hydrogen-bond donors (Lipinski definition) is 3. The van der Waals surface area contributed by atoms with Gasteiger partial charge in [-0.05, 0) is 44.0 Å². The highest BCUT2D eigenvalue weighted by Crippen LogP contribution is 2.17. The number of aliphatic hydroxyl groups excluding tert-OH is 2. The topological polar surface area (TPSA) is 78.8 Å². The number of benzene rings is 1. The van der Waals surface area contributed by atoms with E-state index in [0.29, 0.717) is 16.8 Å². The lowest BCUT2D eigenvalue weighted by atomic mass is 10.1. The Balaban J connectivity index is 2.80. The van der Waals surface area contributed by atoms with E-state index in [4.69, 9.17) is 14.9 Å². The standard InChI is InChI=1S/C13H19NO4/c1-13(2,3)18-12(17)14-11-5-9(7-15)4-10(6-11)8-16/h4-6,15-16H,7-8H2,1-3H3,(H,14,17). The predicted octanol–water partition coefficient (Wildman–Crippen LogP) is 2.02. The normalized spacial score (nSPS) is 11.2. The molecular formula is C13H19NO4. The third-order valence-electron chi connectivity index (χ3n) is 2.06. The van der Waals surface area contributed by atoms with Crippen LogP contribution in [0.15, 0.2) is 18.2 Å². The van der Waals surface area contributed by atoms with Crippen LogP contribution < -0.4 is 5.32 Å². The van der Waals surface area contributed by atoms with Crippen molar-refractivity contribution >= 4 is 11.8 Å². The van der Waals surface area contributed by atoms with E-state index in [1.54, 1.807) is 39.0 Å². The summed E-state index contributed by atoms with van der Waals surface area (Å²) in [6, 6.07) is 4.92. The van der Waals surface area contributed by atoms with Crippen molar-refractivity contribution in [3.05, 3.63) is 29.3 Å². The number of rotatable bonds is 3. The van der Waals surface area contributed by atoms with Crippen LogP contribution in [0.3, 0.4) is 0 Å². The lowest BCUT2D eigenvalue weighted by molar-refractivity contribution is 0.0636. The summed E-state index contributed by atoms with van der Waals surface area (Å²) in [5.41, 5.74) is 1.15. The maximum atomic E-state index is 11.6. The summed E-state index contributed by atoms with van der Waals surface area (Å²) in [6.45, 7) is 5.01. The van der Waals surface area contributed by atoms with Gasteiger partial charge in [-0.1, -0.05) is 6.07 Å². The summed E-state index contributed by atoms with van der Waals surface area (Å²) in [5.74, 6) is 0. The molecule has 1 aromatic carbocycles. The Morgan fingerprint density at radius 3 is 2.06 bits per heavy atom. The van der Waals surface area contributed by atoms with E-state index in [1.807, 2.05) is 0 Å². The minimum Gasteiger partial charge on any atom is -0.444 e. The number of ether oxygens (including phenoxy) is 1. The Hall–Kier alpha value is -1.59. The van der Waals surface area contributed by atoms with Crippen LogP contribution in [0.2, 0.25) is 0 Å². The van der Waals surface area contributed by atoms with E-state index < -0.39 is 11.7 Å². The number of hydrogen-bond acceptors (Lipinski definition) is 4. The largest absolute Gasteiger partial charge is 0.444 e. The predicted molar refractivity (Wildman–Crippen MR) is 68.1 cm³/mol. The van der Waals surface area contributed by atoms with Crippen LogP contribution >= 0.6 is 0 Å². The number of amides is 1. The summed E-state index contributed by atoms with van der Waals surface area (Å²) in [5, 5.41) is 20.7. The molecule has 0 saturated heterocycles. The van der Waals surface area contributed by atoms with Gasteiger partial charge in [-0.2, -0.15) is 0 Å². The molecule has 1 amide bonds. The highest BCUT2D eigenvalue weighted by molar-refractivity contribution is 5.85. The van der Waals surface area contributed by atoms with E-state index in [-0.39, 0.29) is 13.2 Å². The van der Waals surface area contributed by atoms with Crippen molar-refractivity contribution in [2.24, 2.45) is 0 Å². The molecule has 0 unspecified atom stereocenters. The van der Waals surface area contributed by atoms with Crippen molar-refractivity contribution in [1.82, 2.24) is 0 Å². The molecule has 0 spiro atoms. The fourth-order valence-electron chi connectivity index (χ4n) is 1.44. The van der Waals surface area contributed by atoms with Gasteiger partial charge in [-0.15, -0.1) is 0 Å². The zero-order chi connectivity index (χ0) is 13.8. The minimum absolute atomic E-state index is 0.156. The molecule has 0 bridgehead atoms. The quantitative estimate of drug-likeness (QED) is 0.770. The fourth-order valence-corrected chi connectivity index (χ4v) is 1.44. The first kappa shape index (κ1) is 14.5. The van der Waals surface area contributed by atoms with Crippen molar-refractivity contribution in [3.63, 3.8) is 0 Å². The summed E-state index contributed by atoms with van der Waals surface area (Å²) >= 11 is 0. The van der Waals surface area contributed by atoms with E-state index in [0.717, 1.165) is 0 Å². The number of aliphatic hydroxyl groups is 2. The molecule has 5 nitrogen and oxygen atoms in total. The van der Waals surface area contributed by atoms with Gasteiger partial charge in [0.1, 0.15) is 5.60 Å². The number of anilines is 1. The Morgan fingerprint density at radius 2 is 1.67 bits per heavy atom. The SMILES string of the molecule is CC(C)(C)OC(=O)Nc1cc(CO)cc(CO)c1. The van der Waals surface area contributed by atoms with Crippen LogP contribution in [-0.4, -0.2) is 21.9 Å². The first-order chi connectivity index (χ1) is 8.34. The molecule has 100 valence electrons. The van der Waals surface area contributed by atoms with Gasteiger partial charge < -0.3 is 14.9 Å². The molecule has 0 atom stereocenters. The van der Waals surface area contributed by atoms with Crippen LogP contribution in [0.25, 0.3) is 0 Å². The number of carbonyl (C=O) groups excluding carboxylic acids is 1. The number of carbonyl (C=O) groups is 1. The van der Waals surface area contributed by atoms with Crippen molar-refractivity contribution in [2.75, 3.05) is 5.32 Å². The molecule has 0 aliphatic carbocycles. The Kier molecular flexibility index (Phi) is 4.69. The van der Waals surface area contributed by atoms with Gasteiger partial charge >= 0.3 is 6.09 Å². The maximum Gasteiger partial charge on any atom is 0.412 e. The summed E-state index contributed by atoms with van der Waals surface area (Å²) in [4.78, 5) is 11.6. The van der Waals surface area contributed by atoms with E-state index in [2.05, 4.69) is 5.32 Å². The van der Waals surface area contributed by atoms with E-state index in [1.165, 1.54) is 0 Å². The highest BCUT2D eigenvalue weighted by atomic mass is 16.6. The average molecular weight is 253 g/mol. The van der Waals surface area contributed by atoms with Crippen molar-refractivity contribution < 1.29 is 19.7 Å².